The third-order valence-electron chi connectivity index (χ3n) is 8.31. The average Bonchev–Trinajstić information content (AvgIpc) is 3.42. The van der Waals surface area contributed by atoms with Crippen molar-refractivity contribution in [1.82, 2.24) is 0 Å². The van der Waals surface area contributed by atoms with Crippen molar-refractivity contribution in [1.29, 1.82) is 0 Å². The Morgan fingerprint density at radius 1 is 0.703 bits per heavy atom. The largest absolute Gasteiger partial charge is 0.344 e. The van der Waals surface area contributed by atoms with Crippen LogP contribution in [-0.2, 0) is 11.8 Å². The average molecular weight is 484 g/mol. The van der Waals surface area contributed by atoms with Crippen molar-refractivity contribution in [2.24, 2.45) is 0 Å². The van der Waals surface area contributed by atoms with Gasteiger partial charge in [0.05, 0.1) is 5.57 Å². The van der Waals surface area contributed by atoms with Crippen molar-refractivity contribution in [3.8, 4) is 0 Å². The molecule has 37 heavy (non-hydrogen) atoms. The zero-order valence-corrected chi connectivity index (χ0v) is 20.8. The number of carbonyl (C=O) groups excluding carboxylic acids is 3. The highest BCUT2D eigenvalue weighted by molar-refractivity contribution is 6.46. The van der Waals surface area contributed by atoms with Gasteiger partial charge in [0.2, 0.25) is 0 Å². The number of carbonyl (C=O) groups is 3. The van der Waals surface area contributed by atoms with Crippen molar-refractivity contribution in [3.63, 3.8) is 0 Å². The van der Waals surface area contributed by atoms with E-state index in [-0.39, 0.29) is 28.3 Å². The number of aryl methyl sites for hydroxylation is 1. The monoisotopic (exact) mass is 483 g/mol. The van der Waals surface area contributed by atoms with Gasteiger partial charge >= 0.3 is 0 Å². The van der Waals surface area contributed by atoms with Gasteiger partial charge in [-0.1, -0.05) is 80.6 Å². The van der Waals surface area contributed by atoms with E-state index < -0.39 is 0 Å². The van der Waals surface area contributed by atoms with E-state index in [2.05, 4.69) is 36.9 Å². The maximum absolute atomic E-state index is 13.7. The molecule has 2 aliphatic carbocycles. The van der Waals surface area contributed by atoms with Gasteiger partial charge in [-0.05, 0) is 41.7 Å². The number of ketones is 3. The molecule has 2 heterocycles. The predicted molar refractivity (Wildman–Crippen MR) is 144 cm³/mol. The van der Waals surface area contributed by atoms with Crippen LogP contribution < -0.4 is 4.90 Å². The first-order chi connectivity index (χ1) is 17.9. The van der Waals surface area contributed by atoms with Crippen LogP contribution in [0, 0.1) is 0 Å². The number of anilines is 1. The molecule has 0 amide bonds. The predicted octanol–water partition coefficient (Wildman–Crippen LogP) is 6.27. The molecule has 4 aliphatic rings. The molecule has 7 rings (SSSR count). The Labute approximate surface area is 215 Å². The van der Waals surface area contributed by atoms with E-state index in [1.165, 1.54) is 16.8 Å². The summed E-state index contributed by atoms with van der Waals surface area (Å²) in [5, 5.41) is 0. The highest BCUT2D eigenvalue weighted by atomic mass is 16.2. The number of hydrogen-bond donors (Lipinski definition) is 0. The summed E-state index contributed by atoms with van der Waals surface area (Å²) in [6, 6.07) is 20.7. The Morgan fingerprint density at radius 3 is 2.00 bits per heavy atom. The number of para-hydroxylation sites is 1. The van der Waals surface area contributed by atoms with Crippen LogP contribution in [0.15, 0.2) is 95.7 Å². The first-order valence-electron chi connectivity index (χ1n) is 12.8. The van der Waals surface area contributed by atoms with Gasteiger partial charge in [0.1, 0.15) is 0 Å². The Hall–Kier alpha value is -4.31. The molecule has 2 aliphatic heterocycles. The van der Waals surface area contributed by atoms with Gasteiger partial charge in [-0.2, -0.15) is 0 Å². The minimum Gasteiger partial charge on any atom is -0.344 e. The number of Topliss-reactive ketones (excluding diaryl/α,β-unsaturated/α-hetero) is 3. The van der Waals surface area contributed by atoms with E-state index in [9.17, 15) is 14.4 Å². The molecule has 0 spiro atoms. The maximum atomic E-state index is 13.7. The van der Waals surface area contributed by atoms with Crippen LogP contribution in [0.1, 0.15) is 68.0 Å². The Balaban J connectivity index is 1.44. The van der Waals surface area contributed by atoms with Crippen molar-refractivity contribution in [2.75, 3.05) is 11.4 Å². The summed E-state index contributed by atoms with van der Waals surface area (Å²) in [7, 11) is 0. The Morgan fingerprint density at radius 2 is 1.32 bits per heavy atom. The molecular weight excluding hydrogens is 458 g/mol. The highest BCUT2D eigenvalue weighted by Gasteiger charge is 2.43. The Kier molecular flexibility index (Phi) is 4.50. The number of rotatable bonds is 1. The van der Waals surface area contributed by atoms with Crippen molar-refractivity contribution in [2.45, 2.75) is 32.1 Å². The first kappa shape index (κ1) is 21.9. The third-order valence-corrected chi connectivity index (χ3v) is 8.31. The van der Waals surface area contributed by atoms with E-state index in [1.807, 2.05) is 30.4 Å². The summed E-state index contributed by atoms with van der Waals surface area (Å²) in [5.74, 6) is -0.778. The summed E-state index contributed by atoms with van der Waals surface area (Å²) >= 11 is 0. The highest BCUT2D eigenvalue weighted by Crippen LogP contribution is 2.51. The van der Waals surface area contributed by atoms with E-state index in [0.29, 0.717) is 33.4 Å². The van der Waals surface area contributed by atoms with Gasteiger partial charge in [0, 0.05) is 51.2 Å². The number of fused-ring (bicyclic) bond motifs is 2. The lowest BCUT2D eigenvalue weighted by Gasteiger charge is -2.30. The molecule has 0 aromatic heterocycles. The summed E-state index contributed by atoms with van der Waals surface area (Å²) in [6.07, 6.45) is 6.01. The van der Waals surface area contributed by atoms with E-state index in [4.69, 9.17) is 0 Å². The smallest absolute Gasteiger partial charge is 0.198 e. The molecule has 0 atom stereocenters. The first-order valence-corrected chi connectivity index (χ1v) is 12.8. The van der Waals surface area contributed by atoms with Crippen molar-refractivity contribution < 1.29 is 14.4 Å². The standard InChI is InChI=1S/C33H25NO3/c1-33(2)25-15-7-9-19-10-8-18-34(29(19)25)26(33)17-16-24-27(20-11-3-4-12-21(20)30(24)35)28-31(36)22-13-5-6-14-23(22)32(28)37/h3-7,9,11-17H,8,10,18H2,1-2H3/b24-16-,26-17+. The number of allylic oxidation sites excluding steroid dienone is 6. The second-order valence-corrected chi connectivity index (χ2v) is 10.7. The third kappa shape index (κ3) is 2.87. The zero-order chi connectivity index (χ0) is 25.5. The molecule has 0 saturated heterocycles. The summed E-state index contributed by atoms with van der Waals surface area (Å²) in [4.78, 5) is 43.0. The van der Waals surface area contributed by atoms with Crippen LogP contribution in [0.2, 0.25) is 0 Å². The fourth-order valence-electron chi connectivity index (χ4n) is 6.54. The van der Waals surface area contributed by atoms with Crippen molar-refractivity contribution >= 4 is 28.6 Å². The van der Waals surface area contributed by atoms with Gasteiger partial charge in [-0.15, -0.1) is 0 Å². The van der Waals surface area contributed by atoms with Gasteiger partial charge in [-0.3, -0.25) is 14.4 Å². The molecular formula is C33H25NO3. The second kappa shape index (κ2) is 7.59. The number of hydrogen-bond acceptors (Lipinski definition) is 4. The quantitative estimate of drug-likeness (QED) is 0.302. The fourth-order valence-corrected chi connectivity index (χ4v) is 6.54. The summed E-state index contributed by atoms with van der Waals surface area (Å²) in [6.45, 7) is 5.36. The summed E-state index contributed by atoms with van der Waals surface area (Å²) in [5.41, 5.74) is 7.78. The van der Waals surface area contributed by atoms with Crippen LogP contribution in [-0.4, -0.2) is 23.9 Å². The second-order valence-electron chi connectivity index (χ2n) is 10.7. The molecule has 3 aromatic rings. The molecule has 0 radical (unpaired) electrons. The van der Waals surface area contributed by atoms with Gasteiger partial charge in [0.15, 0.2) is 17.3 Å². The zero-order valence-electron chi connectivity index (χ0n) is 20.8. The lowest BCUT2D eigenvalue weighted by atomic mass is 9.83. The Bertz CT molecular complexity index is 1640. The van der Waals surface area contributed by atoms with Crippen LogP contribution in [0.3, 0.4) is 0 Å². The molecule has 4 nitrogen and oxygen atoms in total. The molecule has 0 N–H and O–H groups in total. The molecule has 0 saturated carbocycles. The van der Waals surface area contributed by atoms with Crippen LogP contribution >= 0.6 is 0 Å². The number of benzene rings is 3. The van der Waals surface area contributed by atoms with E-state index >= 15 is 0 Å². The molecule has 4 heteroatoms. The van der Waals surface area contributed by atoms with Crippen molar-refractivity contribution in [3.05, 3.63) is 129 Å². The number of nitrogens with zero attached hydrogens (tertiary/aromatic N) is 1. The normalized spacial score (nSPS) is 21.2. The molecule has 3 aromatic carbocycles. The minimum atomic E-state index is -0.312. The van der Waals surface area contributed by atoms with Gasteiger partial charge in [0.25, 0.3) is 0 Å². The SMILES string of the molecule is CC1(C)/C(=C\C=C2/C(=O)c3ccccc3C2=C2C(=O)c3ccccc3C2=O)N2CCCc3cccc1c32. The lowest BCUT2D eigenvalue weighted by Crippen LogP contribution is -2.29. The fraction of sp³-hybridized carbons (Fsp3) is 0.182. The molecule has 0 unspecified atom stereocenters. The van der Waals surface area contributed by atoms with Crippen LogP contribution in [0.5, 0.6) is 0 Å². The van der Waals surface area contributed by atoms with Gasteiger partial charge < -0.3 is 4.90 Å². The lowest BCUT2D eigenvalue weighted by molar-refractivity contribution is 0.0989. The summed E-state index contributed by atoms with van der Waals surface area (Å²) < 4.78 is 0. The van der Waals surface area contributed by atoms with Crippen LogP contribution in [0.4, 0.5) is 5.69 Å². The van der Waals surface area contributed by atoms with E-state index in [1.54, 1.807) is 30.3 Å². The van der Waals surface area contributed by atoms with E-state index in [0.717, 1.165) is 25.1 Å². The minimum absolute atomic E-state index is 0.0957. The van der Waals surface area contributed by atoms with Crippen LogP contribution in [0.25, 0.3) is 5.57 Å². The maximum Gasteiger partial charge on any atom is 0.198 e. The molecule has 180 valence electrons. The molecule has 0 bridgehead atoms. The topological polar surface area (TPSA) is 54.5 Å². The van der Waals surface area contributed by atoms with Gasteiger partial charge in [-0.25, -0.2) is 0 Å². The molecule has 0 fully saturated rings.